The Hall–Kier alpha value is -3.14. The van der Waals surface area contributed by atoms with Crippen molar-refractivity contribution in [3.63, 3.8) is 0 Å². The van der Waals surface area contributed by atoms with Gasteiger partial charge in [0.15, 0.2) is 0 Å². The van der Waals surface area contributed by atoms with Gasteiger partial charge in [-0.3, -0.25) is 10.1 Å². The summed E-state index contributed by atoms with van der Waals surface area (Å²) in [7, 11) is 1.39. The van der Waals surface area contributed by atoms with Gasteiger partial charge in [0.25, 0.3) is 5.69 Å². The molecule has 0 fully saturated rings. The Morgan fingerprint density at radius 2 is 2.00 bits per heavy atom. The van der Waals surface area contributed by atoms with Crippen LogP contribution in [-0.2, 0) is 0 Å². The second-order valence-electron chi connectivity index (χ2n) is 4.07. The predicted octanol–water partition coefficient (Wildman–Crippen LogP) is 3.36. The van der Waals surface area contributed by atoms with E-state index >= 15 is 0 Å². The molecule has 0 aliphatic heterocycles. The van der Waals surface area contributed by atoms with Gasteiger partial charge < -0.3 is 10.1 Å². The number of halogens is 1. The van der Waals surface area contributed by atoms with E-state index in [0.717, 1.165) is 0 Å². The smallest absolute Gasteiger partial charge is 0.270 e. The molecular weight excluding hydrogens is 277 g/mol. The highest BCUT2D eigenvalue weighted by atomic mass is 19.1. The van der Waals surface area contributed by atoms with Crippen LogP contribution >= 0.6 is 0 Å². The predicted molar refractivity (Wildman–Crippen MR) is 74.0 cm³/mol. The third-order valence-corrected chi connectivity index (χ3v) is 2.77. The topological polar surface area (TPSA) is 88.2 Å². The van der Waals surface area contributed by atoms with E-state index in [4.69, 9.17) is 10.00 Å². The van der Waals surface area contributed by atoms with Crippen LogP contribution in [0, 0.1) is 27.3 Å². The van der Waals surface area contributed by atoms with Gasteiger partial charge in [-0.05, 0) is 18.2 Å². The van der Waals surface area contributed by atoms with Crippen molar-refractivity contribution < 1.29 is 14.1 Å². The average Bonchev–Trinajstić information content (AvgIpc) is 2.49. The van der Waals surface area contributed by atoms with Crippen LogP contribution in [0.2, 0.25) is 0 Å². The number of nitriles is 1. The van der Waals surface area contributed by atoms with E-state index in [1.807, 2.05) is 6.07 Å². The number of non-ortho nitro benzene ring substituents is 1. The highest BCUT2D eigenvalue weighted by Crippen LogP contribution is 2.30. The van der Waals surface area contributed by atoms with Gasteiger partial charge in [-0.25, -0.2) is 4.39 Å². The fourth-order valence-corrected chi connectivity index (χ4v) is 1.76. The molecule has 21 heavy (non-hydrogen) atoms. The summed E-state index contributed by atoms with van der Waals surface area (Å²) in [4.78, 5) is 10.1. The number of nitro benzene ring substituents is 1. The monoisotopic (exact) mass is 287 g/mol. The molecule has 6 nitrogen and oxygen atoms in total. The minimum atomic E-state index is -0.580. The number of hydrogen-bond donors (Lipinski definition) is 1. The van der Waals surface area contributed by atoms with Crippen molar-refractivity contribution in [1.29, 1.82) is 5.26 Å². The molecule has 2 aromatic rings. The van der Waals surface area contributed by atoms with Gasteiger partial charge in [-0.2, -0.15) is 5.26 Å². The summed E-state index contributed by atoms with van der Waals surface area (Å²) in [5, 5.41) is 22.7. The first kappa shape index (κ1) is 14.3. The lowest BCUT2D eigenvalue weighted by Gasteiger charge is -2.12. The molecule has 2 rings (SSSR count). The second-order valence-corrected chi connectivity index (χ2v) is 4.07. The number of anilines is 2. The summed E-state index contributed by atoms with van der Waals surface area (Å²) in [5.41, 5.74) is 0.746. The maximum atomic E-state index is 13.1. The Balaban J connectivity index is 2.40. The summed E-state index contributed by atoms with van der Waals surface area (Å²) in [6.45, 7) is 0. The number of rotatable bonds is 4. The van der Waals surface area contributed by atoms with E-state index in [9.17, 15) is 14.5 Å². The fourth-order valence-electron chi connectivity index (χ4n) is 1.76. The standard InChI is InChI=1S/C14H10FN3O3/c1-21-14-7-10(15)2-4-13(14)17-12-5-3-11(18(19)20)6-9(12)8-16/h2-7,17H,1H3. The van der Waals surface area contributed by atoms with Crippen LogP contribution in [0.3, 0.4) is 0 Å². The van der Waals surface area contributed by atoms with Crippen molar-refractivity contribution in [3.05, 3.63) is 57.9 Å². The molecule has 0 saturated heterocycles. The molecule has 0 aromatic heterocycles. The SMILES string of the molecule is COc1cc(F)ccc1Nc1ccc([N+](=O)[O-])cc1C#N. The van der Waals surface area contributed by atoms with E-state index in [0.29, 0.717) is 11.4 Å². The van der Waals surface area contributed by atoms with Crippen LogP contribution < -0.4 is 10.1 Å². The van der Waals surface area contributed by atoms with Gasteiger partial charge in [-0.1, -0.05) is 0 Å². The van der Waals surface area contributed by atoms with Crippen LogP contribution in [0.25, 0.3) is 0 Å². The minimum absolute atomic E-state index is 0.107. The lowest BCUT2D eigenvalue weighted by Crippen LogP contribution is -1.98. The Morgan fingerprint density at radius 1 is 1.29 bits per heavy atom. The number of ether oxygens (including phenoxy) is 1. The number of methoxy groups -OCH3 is 1. The molecule has 0 aliphatic rings. The molecule has 0 spiro atoms. The number of nitro groups is 1. The summed E-state index contributed by atoms with van der Waals surface area (Å²) >= 11 is 0. The Morgan fingerprint density at radius 3 is 2.62 bits per heavy atom. The van der Waals surface area contributed by atoms with Crippen molar-refractivity contribution in [2.45, 2.75) is 0 Å². The van der Waals surface area contributed by atoms with Crippen LogP contribution in [-0.4, -0.2) is 12.0 Å². The summed E-state index contributed by atoms with van der Waals surface area (Å²) in [6, 6.07) is 9.62. The maximum Gasteiger partial charge on any atom is 0.270 e. The van der Waals surface area contributed by atoms with Crippen molar-refractivity contribution in [1.82, 2.24) is 0 Å². The van der Waals surface area contributed by atoms with E-state index in [1.165, 1.54) is 43.5 Å². The molecule has 1 N–H and O–H groups in total. The number of nitrogens with zero attached hydrogens (tertiary/aromatic N) is 2. The lowest BCUT2D eigenvalue weighted by molar-refractivity contribution is -0.384. The number of hydrogen-bond acceptors (Lipinski definition) is 5. The van der Waals surface area contributed by atoms with E-state index in [-0.39, 0.29) is 17.0 Å². The van der Waals surface area contributed by atoms with Crippen LogP contribution in [0.1, 0.15) is 5.56 Å². The molecule has 0 bridgehead atoms. The molecule has 7 heteroatoms. The third kappa shape index (κ3) is 3.06. The average molecular weight is 287 g/mol. The molecule has 106 valence electrons. The summed E-state index contributed by atoms with van der Waals surface area (Å²) in [5.74, 6) is -0.196. The molecule has 0 saturated carbocycles. The van der Waals surface area contributed by atoms with Crippen molar-refractivity contribution in [2.75, 3.05) is 12.4 Å². The Kier molecular flexibility index (Phi) is 4.00. The van der Waals surface area contributed by atoms with Gasteiger partial charge >= 0.3 is 0 Å². The minimum Gasteiger partial charge on any atom is -0.494 e. The quantitative estimate of drug-likeness (QED) is 0.688. The van der Waals surface area contributed by atoms with E-state index in [1.54, 1.807) is 0 Å². The van der Waals surface area contributed by atoms with E-state index < -0.39 is 10.7 Å². The van der Waals surface area contributed by atoms with Crippen LogP contribution in [0.5, 0.6) is 5.75 Å². The van der Waals surface area contributed by atoms with Crippen molar-refractivity contribution >= 4 is 17.1 Å². The van der Waals surface area contributed by atoms with Gasteiger partial charge in [-0.15, -0.1) is 0 Å². The van der Waals surface area contributed by atoms with E-state index in [2.05, 4.69) is 5.32 Å². The molecule has 0 amide bonds. The summed E-state index contributed by atoms with van der Waals surface area (Å²) in [6.07, 6.45) is 0. The molecule has 0 radical (unpaired) electrons. The first-order valence-corrected chi connectivity index (χ1v) is 5.84. The third-order valence-electron chi connectivity index (χ3n) is 2.77. The first-order chi connectivity index (χ1) is 10.0. The Bertz CT molecular complexity index is 741. The van der Waals surface area contributed by atoms with Crippen LogP contribution in [0.4, 0.5) is 21.5 Å². The lowest BCUT2D eigenvalue weighted by atomic mass is 10.1. The maximum absolute atomic E-state index is 13.1. The zero-order valence-corrected chi connectivity index (χ0v) is 11.0. The zero-order valence-electron chi connectivity index (χ0n) is 11.0. The molecule has 0 atom stereocenters. The molecule has 2 aromatic carbocycles. The van der Waals surface area contributed by atoms with Gasteiger partial charge in [0.05, 0.1) is 29.0 Å². The number of nitrogens with one attached hydrogen (secondary N) is 1. The van der Waals surface area contributed by atoms with Crippen molar-refractivity contribution in [3.8, 4) is 11.8 Å². The first-order valence-electron chi connectivity index (χ1n) is 5.84. The largest absolute Gasteiger partial charge is 0.494 e. The second kappa shape index (κ2) is 5.88. The molecule has 0 heterocycles. The molecular formula is C14H10FN3O3. The van der Waals surface area contributed by atoms with Crippen molar-refractivity contribution in [2.24, 2.45) is 0 Å². The zero-order chi connectivity index (χ0) is 15.4. The summed E-state index contributed by atoms with van der Waals surface area (Å²) < 4.78 is 18.2. The van der Waals surface area contributed by atoms with Gasteiger partial charge in [0.1, 0.15) is 17.6 Å². The Labute approximate surface area is 119 Å². The fraction of sp³-hybridized carbons (Fsp3) is 0.0714. The highest BCUT2D eigenvalue weighted by Gasteiger charge is 2.12. The normalized spacial score (nSPS) is 9.76. The molecule has 0 aliphatic carbocycles. The molecule has 0 unspecified atom stereocenters. The van der Waals surface area contributed by atoms with Gasteiger partial charge in [0.2, 0.25) is 0 Å². The van der Waals surface area contributed by atoms with Crippen LogP contribution in [0.15, 0.2) is 36.4 Å². The van der Waals surface area contributed by atoms with Gasteiger partial charge in [0, 0.05) is 18.2 Å². The number of benzene rings is 2. The highest BCUT2D eigenvalue weighted by molar-refractivity contribution is 5.72.